The number of amides is 1. The highest BCUT2D eigenvalue weighted by Gasteiger charge is 2.40. The normalized spacial score (nSPS) is 33.7. The van der Waals surface area contributed by atoms with Crippen molar-refractivity contribution in [2.24, 2.45) is 5.92 Å². The molecule has 0 aromatic rings. The summed E-state index contributed by atoms with van der Waals surface area (Å²) >= 11 is 0. The molecular formula is C12H19NO4. The van der Waals surface area contributed by atoms with Crippen molar-refractivity contribution >= 4 is 11.9 Å². The summed E-state index contributed by atoms with van der Waals surface area (Å²) in [6.45, 7) is 2.99. The quantitative estimate of drug-likeness (QED) is 0.779. The number of hydrogen-bond donors (Lipinski definition) is 1. The first kappa shape index (κ1) is 12.4. The first-order valence-corrected chi connectivity index (χ1v) is 6.26. The van der Waals surface area contributed by atoms with Crippen LogP contribution in [-0.2, 0) is 14.3 Å². The van der Waals surface area contributed by atoms with E-state index in [1.54, 1.807) is 4.90 Å². The van der Waals surface area contributed by atoms with Crippen molar-refractivity contribution in [2.75, 3.05) is 13.2 Å². The summed E-state index contributed by atoms with van der Waals surface area (Å²) in [5.41, 5.74) is 0. The van der Waals surface area contributed by atoms with E-state index >= 15 is 0 Å². The fourth-order valence-corrected chi connectivity index (χ4v) is 2.70. The predicted octanol–water partition coefficient (Wildman–Crippen LogP) is 0.877. The van der Waals surface area contributed by atoms with Crippen molar-refractivity contribution in [3.05, 3.63) is 0 Å². The van der Waals surface area contributed by atoms with Crippen molar-refractivity contribution in [1.29, 1.82) is 0 Å². The molecule has 0 aromatic heterocycles. The molecule has 2 aliphatic rings. The average Bonchev–Trinajstić information content (AvgIpc) is 2.71. The van der Waals surface area contributed by atoms with Gasteiger partial charge in [0.05, 0.1) is 5.92 Å². The SMILES string of the molecule is CC1C(C(=O)O)CCN1C(=O)C1CCCCO1. The van der Waals surface area contributed by atoms with E-state index in [0.717, 1.165) is 19.3 Å². The molecule has 96 valence electrons. The first-order valence-electron chi connectivity index (χ1n) is 6.26. The minimum atomic E-state index is -0.808. The van der Waals surface area contributed by atoms with Gasteiger partial charge in [0, 0.05) is 19.2 Å². The fraction of sp³-hybridized carbons (Fsp3) is 0.833. The zero-order valence-corrected chi connectivity index (χ0v) is 10.1. The fourth-order valence-electron chi connectivity index (χ4n) is 2.70. The van der Waals surface area contributed by atoms with Gasteiger partial charge >= 0.3 is 5.97 Å². The molecule has 0 spiro atoms. The van der Waals surface area contributed by atoms with Crippen LogP contribution < -0.4 is 0 Å². The largest absolute Gasteiger partial charge is 0.481 e. The first-order chi connectivity index (χ1) is 8.11. The van der Waals surface area contributed by atoms with Crippen LogP contribution in [-0.4, -0.2) is 47.2 Å². The van der Waals surface area contributed by atoms with Crippen molar-refractivity contribution in [3.8, 4) is 0 Å². The Bertz CT molecular complexity index is 312. The molecule has 0 saturated carbocycles. The third kappa shape index (κ3) is 2.44. The maximum Gasteiger partial charge on any atom is 0.308 e. The van der Waals surface area contributed by atoms with Crippen LogP contribution in [0.4, 0.5) is 0 Å². The smallest absolute Gasteiger partial charge is 0.308 e. The molecule has 0 radical (unpaired) electrons. The highest BCUT2D eigenvalue weighted by atomic mass is 16.5. The van der Waals surface area contributed by atoms with Gasteiger partial charge < -0.3 is 14.7 Å². The van der Waals surface area contributed by atoms with Gasteiger partial charge in [0.15, 0.2) is 0 Å². The Morgan fingerprint density at radius 2 is 2.06 bits per heavy atom. The van der Waals surface area contributed by atoms with Gasteiger partial charge in [-0.1, -0.05) is 0 Å². The van der Waals surface area contributed by atoms with E-state index in [9.17, 15) is 9.59 Å². The van der Waals surface area contributed by atoms with Gasteiger partial charge in [-0.15, -0.1) is 0 Å². The van der Waals surface area contributed by atoms with Crippen LogP contribution in [0.2, 0.25) is 0 Å². The van der Waals surface area contributed by atoms with Crippen LogP contribution in [0.1, 0.15) is 32.6 Å². The molecule has 5 nitrogen and oxygen atoms in total. The summed E-state index contributed by atoms with van der Waals surface area (Å²) in [6, 6.07) is -0.217. The predicted molar refractivity (Wildman–Crippen MR) is 60.5 cm³/mol. The molecule has 1 amide bonds. The van der Waals surface area contributed by atoms with Crippen molar-refractivity contribution in [2.45, 2.75) is 44.8 Å². The Kier molecular flexibility index (Phi) is 3.66. The Labute approximate surface area is 101 Å². The van der Waals surface area contributed by atoms with Gasteiger partial charge in [-0.2, -0.15) is 0 Å². The zero-order chi connectivity index (χ0) is 12.4. The average molecular weight is 241 g/mol. The van der Waals surface area contributed by atoms with E-state index in [1.165, 1.54) is 0 Å². The molecule has 17 heavy (non-hydrogen) atoms. The second-order valence-electron chi connectivity index (χ2n) is 4.86. The third-order valence-electron chi connectivity index (χ3n) is 3.81. The van der Waals surface area contributed by atoms with Gasteiger partial charge in [0.2, 0.25) is 0 Å². The van der Waals surface area contributed by atoms with Crippen LogP contribution >= 0.6 is 0 Å². The lowest BCUT2D eigenvalue weighted by Crippen LogP contribution is -2.45. The molecular weight excluding hydrogens is 222 g/mol. The molecule has 2 heterocycles. The summed E-state index contributed by atoms with van der Waals surface area (Å²) in [5.74, 6) is -1.26. The second kappa shape index (κ2) is 5.04. The molecule has 0 aliphatic carbocycles. The van der Waals surface area contributed by atoms with E-state index in [2.05, 4.69) is 0 Å². The Hall–Kier alpha value is -1.10. The number of carbonyl (C=O) groups is 2. The summed E-state index contributed by atoms with van der Waals surface area (Å²) in [7, 11) is 0. The standard InChI is InChI=1S/C12H19NO4/c1-8-9(12(15)16)5-6-13(8)11(14)10-4-2-3-7-17-10/h8-10H,2-7H2,1H3,(H,15,16). The van der Waals surface area contributed by atoms with Crippen LogP contribution in [0.25, 0.3) is 0 Å². The van der Waals surface area contributed by atoms with Gasteiger partial charge in [0.25, 0.3) is 5.91 Å². The van der Waals surface area contributed by atoms with Crippen molar-refractivity contribution in [3.63, 3.8) is 0 Å². The summed E-state index contributed by atoms with van der Waals surface area (Å²) in [5, 5.41) is 9.02. The number of hydrogen-bond acceptors (Lipinski definition) is 3. The Balaban J connectivity index is 1.98. The Morgan fingerprint density at radius 3 is 2.59 bits per heavy atom. The van der Waals surface area contributed by atoms with Crippen molar-refractivity contribution in [1.82, 2.24) is 4.90 Å². The summed E-state index contributed by atoms with van der Waals surface area (Å²) in [6.07, 6.45) is 2.99. The molecule has 2 aliphatic heterocycles. The number of likely N-dealkylation sites (tertiary alicyclic amines) is 1. The monoisotopic (exact) mass is 241 g/mol. The van der Waals surface area contributed by atoms with Gasteiger partial charge in [-0.3, -0.25) is 9.59 Å². The summed E-state index contributed by atoms with van der Waals surface area (Å²) in [4.78, 5) is 24.8. The third-order valence-corrected chi connectivity index (χ3v) is 3.81. The van der Waals surface area contributed by atoms with E-state index in [-0.39, 0.29) is 18.1 Å². The van der Waals surface area contributed by atoms with E-state index in [1.807, 2.05) is 6.92 Å². The minimum absolute atomic E-state index is 0.0269. The van der Waals surface area contributed by atoms with Gasteiger partial charge in [0.1, 0.15) is 6.10 Å². The molecule has 3 atom stereocenters. The number of nitrogens with zero attached hydrogens (tertiary/aromatic N) is 1. The van der Waals surface area contributed by atoms with Crippen LogP contribution in [0.3, 0.4) is 0 Å². The highest BCUT2D eigenvalue weighted by Crippen LogP contribution is 2.27. The Morgan fingerprint density at radius 1 is 1.29 bits per heavy atom. The molecule has 3 unspecified atom stereocenters. The number of rotatable bonds is 2. The number of ether oxygens (including phenoxy) is 1. The van der Waals surface area contributed by atoms with Crippen LogP contribution in [0, 0.1) is 5.92 Å². The van der Waals surface area contributed by atoms with E-state index in [0.29, 0.717) is 19.6 Å². The molecule has 2 fully saturated rings. The molecule has 0 aromatic carbocycles. The highest BCUT2D eigenvalue weighted by molar-refractivity contribution is 5.83. The van der Waals surface area contributed by atoms with Crippen LogP contribution in [0.15, 0.2) is 0 Å². The number of carbonyl (C=O) groups excluding carboxylic acids is 1. The number of carboxylic acid groups (broad SMARTS) is 1. The number of aliphatic carboxylic acids is 1. The van der Waals surface area contributed by atoms with E-state index < -0.39 is 11.9 Å². The molecule has 0 bridgehead atoms. The maximum atomic E-state index is 12.2. The molecule has 5 heteroatoms. The molecule has 2 saturated heterocycles. The second-order valence-corrected chi connectivity index (χ2v) is 4.86. The lowest BCUT2D eigenvalue weighted by atomic mass is 10.0. The van der Waals surface area contributed by atoms with E-state index in [4.69, 9.17) is 9.84 Å². The topological polar surface area (TPSA) is 66.8 Å². The zero-order valence-electron chi connectivity index (χ0n) is 10.1. The lowest BCUT2D eigenvalue weighted by Gasteiger charge is -2.29. The molecule has 1 N–H and O–H groups in total. The lowest BCUT2D eigenvalue weighted by molar-refractivity contribution is -0.149. The summed E-state index contributed by atoms with van der Waals surface area (Å²) < 4.78 is 5.46. The maximum absolute atomic E-state index is 12.2. The van der Waals surface area contributed by atoms with Crippen molar-refractivity contribution < 1.29 is 19.4 Å². The van der Waals surface area contributed by atoms with Gasteiger partial charge in [-0.05, 0) is 32.6 Å². The molecule has 2 rings (SSSR count). The van der Waals surface area contributed by atoms with Crippen LogP contribution in [0.5, 0.6) is 0 Å². The van der Waals surface area contributed by atoms with Gasteiger partial charge in [-0.25, -0.2) is 0 Å². The number of carboxylic acids is 1. The minimum Gasteiger partial charge on any atom is -0.481 e.